The number of ether oxygens (including phenoxy) is 1. The van der Waals surface area contributed by atoms with E-state index in [9.17, 15) is 9.59 Å². The summed E-state index contributed by atoms with van der Waals surface area (Å²) in [7, 11) is 2.97. The predicted octanol–water partition coefficient (Wildman–Crippen LogP) is 0.538. The second kappa shape index (κ2) is 5.45. The average Bonchev–Trinajstić information content (AvgIpc) is 3.11. The number of carbonyl (C=O) groups excluding carboxylic acids is 1. The molecule has 0 amide bonds. The Bertz CT molecular complexity index is 757. The van der Waals surface area contributed by atoms with E-state index in [4.69, 9.17) is 4.42 Å². The first kappa shape index (κ1) is 14.6. The summed E-state index contributed by atoms with van der Waals surface area (Å²) in [6.45, 7) is 3.87. The Morgan fingerprint density at radius 2 is 2.18 bits per heavy atom. The minimum absolute atomic E-state index is 0.0238. The van der Waals surface area contributed by atoms with Gasteiger partial charge in [0.2, 0.25) is 5.76 Å². The number of hydrogen-bond donors (Lipinski definition) is 0. The maximum Gasteiger partial charge on any atom is 0.373 e. The second-order valence-corrected chi connectivity index (χ2v) is 5.31. The van der Waals surface area contributed by atoms with Gasteiger partial charge in [-0.3, -0.25) is 9.47 Å². The maximum atomic E-state index is 11.8. The van der Waals surface area contributed by atoms with E-state index in [2.05, 4.69) is 14.7 Å². The highest BCUT2D eigenvalue weighted by Gasteiger charge is 2.27. The molecule has 118 valence electrons. The first-order valence-corrected chi connectivity index (χ1v) is 7.06. The topological polar surface area (TPSA) is 82.5 Å². The molecule has 0 saturated heterocycles. The molecule has 8 nitrogen and oxygen atoms in total. The van der Waals surface area contributed by atoms with Crippen LogP contribution in [0.4, 0.5) is 0 Å². The van der Waals surface area contributed by atoms with E-state index in [0.29, 0.717) is 25.4 Å². The number of carbonyl (C=O) groups is 1. The fraction of sp³-hybridized carbons (Fsp3) is 0.500. The standard InChI is InChI=1S/C14H18N4O4/c1-9(10-4-5-11(22-10)13(19)21-3)17-6-7-18-12(8-17)15-16(2)14(18)20/h4-5,9H,6-8H2,1-3H3. The van der Waals surface area contributed by atoms with Gasteiger partial charge in [-0.2, -0.15) is 5.10 Å². The van der Waals surface area contributed by atoms with Crippen LogP contribution < -0.4 is 5.69 Å². The van der Waals surface area contributed by atoms with E-state index in [1.165, 1.54) is 11.8 Å². The molecule has 1 aliphatic heterocycles. The zero-order valence-corrected chi connectivity index (χ0v) is 12.8. The molecule has 22 heavy (non-hydrogen) atoms. The lowest BCUT2D eigenvalue weighted by molar-refractivity contribution is 0.0557. The molecule has 0 radical (unpaired) electrons. The molecule has 1 unspecified atom stereocenters. The molecule has 0 bridgehead atoms. The van der Waals surface area contributed by atoms with Gasteiger partial charge in [-0.15, -0.1) is 0 Å². The second-order valence-electron chi connectivity index (χ2n) is 5.31. The van der Waals surface area contributed by atoms with E-state index >= 15 is 0 Å². The number of aromatic nitrogens is 3. The van der Waals surface area contributed by atoms with E-state index in [1.54, 1.807) is 23.7 Å². The van der Waals surface area contributed by atoms with Crippen molar-refractivity contribution >= 4 is 5.97 Å². The van der Waals surface area contributed by atoms with E-state index < -0.39 is 5.97 Å². The minimum Gasteiger partial charge on any atom is -0.463 e. The van der Waals surface area contributed by atoms with Crippen molar-refractivity contribution in [2.75, 3.05) is 13.7 Å². The Balaban J connectivity index is 1.79. The first-order valence-electron chi connectivity index (χ1n) is 7.06. The molecule has 0 aliphatic carbocycles. The number of nitrogens with zero attached hydrogens (tertiary/aromatic N) is 4. The van der Waals surface area contributed by atoms with Crippen LogP contribution in [0.5, 0.6) is 0 Å². The third kappa shape index (κ3) is 2.35. The Morgan fingerprint density at radius 1 is 1.41 bits per heavy atom. The van der Waals surface area contributed by atoms with E-state index in [1.807, 2.05) is 6.92 Å². The van der Waals surface area contributed by atoms with Crippen LogP contribution in [-0.2, 0) is 24.9 Å². The molecular weight excluding hydrogens is 288 g/mol. The molecule has 0 aromatic carbocycles. The number of fused-ring (bicyclic) bond motifs is 1. The number of aryl methyl sites for hydroxylation is 1. The Labute approximate surface area is 126 Å². The van der Waals surface area contributed by atoms with Crippen molar-refractivity contribution in [3.63, 3.8) is 0 Å². The Kier molecular flexibility index (Phi) is 3.61. The third-order valence-electron chi connectivity index (χ3n) is 4.01. The Hall–Kier alpha value is -2.35. The van der Waals surface area contributed by atoms with Gasteiger partial charge >= 0.3 is 11.7 Å². The highest BCUT2D eigenvalue weighted by Crippen LogP contribution is 2.25. The number of esters is 1. The molecule has 1 atom stereocenters. The lowest BCUT2D eigenvalue weighted by Crippen LogP contribution is -2.38. The SMILES string of the molecule is COC(=O)c1ccc(C(C)N2CCn3c(nn(C)c3=O)C2)o1. The van der Waals surface area contributed by atoms with Crippen LogP contribution in [0.1, 0.15) is 35.1 Å². The number of methoxy groups -OCH3 is 1. The van der Waals surface area contributed by atoms with Crippen molar-refractivity contribution in [3.8, 4) is 0 Å². The predicted molar refractivity (Wildman–Crippen MR) is 76.3 cm³/mol. The largest absolute Gasteiger partial charge is 0.463 e. The van der Waals surface area contributed by atoms with Crippen LogP contribution in [0.3, 0.4) is 0 Å². The highest BCUT2D eigenvalue weighted by atomic mass is 16.5. The van der Waals surface area contributed by atoms with Gasteiger partial charge in [0.15, 0.2) is 0 Å². The molecule has 3 rings (SSSR count). The smallest absolute Gasteiger partial charge is 0.373 e. The number of hydrogen-bond acceptors (Lipinski definition) is 6. The summed E-state index contributed by atoms with van der Waals surface area (Å²) < 4.78 is 13.2. The summed E-state index contributed by atoms with van der Waals surface area (Å²) >= 11 is 0. The summed E-state index contributed by atoms with van der Waals surface area (Å²) in [5.74, 6) is 1.13. The van der Waals surface area contributed by atoms with Crippen LogP contribution in [0.25, 0.3) is 0 Å². The summed E-state index contributed by atoms with van der Waals surface area (Å²) in [4.78, 5) is 25.4. The van der Waals surface area contributed by atoms with Crippen molar-refractivity contribution in [3.05, 3.63) is 40.0 Å². The van der Waals surface area contributed by atoms with Gasteiger partial charge in [0.05, 0.1) is 19.7 Å². The van der Waals surface area contributed by atoms with Gasteiger partial charge < -0.3 is 9.15 Å². The van der Waals surface area contributed by atoms with Gasteiger partial charge in [-0.1, -0.05) is 0 Å². The molecule has 2 aromatic heterocycles. The van der Waals surface area contributed by atoms with Crippen LogP contribution >= 0.6 is 0 Å². The molecule has 1 aliphatic rings. The summed E-state index contributed by atoms with van der Waals surface area (Å²) in [6, 6.07) is 3.36. The normalized spacial score (nSPS) is 16.3. The van der Waals surface area contributed by atoms with Gasteiger partial charge in [-0.05, 0) is 19.1 Å². The average molecular weight is 306 g/mol. The summed E-state index contributed by atoms with van der Waals surface area (Å²) in [6.07, 6.45) is 0. The van der Waals surface area contributed by atoms with Crippen LogP contribution in [-0.4, -0.2) is 38.9 Å². The maximum absolute atomic E-state index is 11.8. The monoisotopic (exact) mass is 306 g/mol. The van der Waals surface area contributed by atoms with E-state index in [0.717, 1.165) is 5.82 Å². The fourth-order valence-corrected chi connectivity index (χ4v) is 2.68. The van der Waals surface area contributed by atoms with Crippen molar-refractivity contribution in [2.24, 2.45) is 7.05 Å². The molecule has 0 fully saturated rings. The fourth-order valence-electron chi connectivity index (χ4n) is 2.68. The molecule has 3 heterocycles. The lowest BCUT2D eigenvalue weighted by atomic mass is 10.2. The number of rotatable bonds is 3. The van der Waals surface area contributed by atoms with E-state index in [-0.39, 0.29) is 17.5 Å². The van der Waals surface area contributed by atoms with Gasteiger partial charge in [0, 0.05) is 20.1 Å². The van der Waals surface area contributed by atoms with Crippen molar-refractivity contribution in [1.29, 1.82) is 0 Å². The van der Waals surface area contributed by atoms with Gasteiger partial charge in [0.1, 0.15) is 11.6 Å². The lowest BCUT2D eigenvalue weighted by Gasteiger charge is -2.30. The third-order valence-corrected chi connectivity index (χ3v) is 4.01. The quantitative estimate of drug-likeness (QED) is 0.770. The van der Waals surface area contributed by atoms with Crippen molar-refractivity contribution in [2.45, 2.75) is 26.1 Å². The zero-order valence-electron chi connectivity index (χ0n) is 12.8. The zero-order chi connectivity index (χ0) is 15.9. The van der Waals surface area contributed by atoms with Crippen LogP contribution in [0.15, 0.2) is 21.3 Å². The highest BCUT2D eigenvalue weighted by molar-refractivity contribution is 5.86. The minimum atomic E-state index is -0.490. The van der Waals surface area contributed by atoms with Crippen LogP contribution in [0.2, 0.25) is 0 Å². The Morgan fingerprint density at radius 3 is 2.91 bits per heavy atom. The molecule has 8 heteroatoms. The molecular formula is C14H18N4O4. The van der Waals surface area contributed by atoms with Crippen molar-refractivity contribution in [1.82, 2.24) is 19.2 Å². The van der Waals surface area contributed by atoms with Crippen LogP contribution in [0, 0.1) is 0 Å². The van der Waals surface area contributed by atoms with Crippen molar-refractivity contribution < 1.29 is 13.9 Å². The molecule has 0 N–H and O–H groups in total. The molecule has 2 aromatic rings. The van der Waals surface area contributed by atoms with Gasteiger partial charge in [0.25, 0.3) is 0 Å². The molecule has 0 saturated carbocycles. The molecule has 0 spiro atoms. The summed E-state index contributed by atoms with van der Waals surface area (Å²) in [5.41, 5.74) is -0.0896. The number of furan rings is 1. The summed E-state index contributed by atoms with van der Waals surface area (Å²) in [5, 5.41) is 4.24. The van der Waals surface area contributed by atoms with Gasteiger partial charge in [-0.25, -0.2) is 14.3 Å². The first-order chi connectivity index (χ1) is 10.5.